The molecule has 0 radical (unpaired) electrons. The van der Waals surface area contributed by atoms with E-state index < -0.39 is 0 Å². The summed E-state index contributed by atoms with van der Waals surface area (Å²) in [4.78, 5) is 0. The van der Waals surface area contributed by atoms with Gasteiger partial charge < -0.3 is 10.1 Å². The van der Waals surface area contributed by atoms with E-state index in [4.69, 9.17) is 4.74 Å². The van der Waals surface area contributed by atoms with Gasteiger partial charge in [-0.15, -0.1) is 0 Å². The standard InChI is InChI=1S/C16H26BrNO/c1-5-14(6-2)19-16-13(8-7-9-15(16)17)11-18-10-12(3)4/h7-9,12,14,18H,5-6,10-11H2,1-4H3. The topological polar surface area (TPSA) is 21.3 Å². The Morgan fingerprint density at radius 3 is 2.47 bits per heavy atom. The van der Waals surface area contributed by atoms with E-state index in [2.05, 4.69) is 61.1 Å². The minimum atomic E-state index is 0.294. The van der Waals surface area contributed by atoms with Crippen LogP contribution in [0.5, 0.6) is 5.75 Å². The van der Waals surface area contributed by atoms with Crippen LogP contribution in [0.1, 0.15) is 46.1 Å². The summed E-state index contributed by atoms with van der Waals surface area (Å²) in [5.74, 6) is 1.66. The van der Waals surface area contributed by atoms with Crippen molar-refractivity contribution in [3.63, 3.8) is 0 Å². The molecular weight excluding hydrogens is 302 g/mol. The fraction of sp³-hybridized carbons (Fsp3) is 0.625. The van der Waals surface area contributed by atoms with Gasteiger partial charge in [0, 0.05) is 12.1 Å². The molecule has 0 spiro atoms. The molecular formula is C16H26BrNO. The van der Waals surface area contributed by atoms with E-state index in [-0.39, 0.29) is 0 Å². The van der Waals surface area contributed by atoms with Gasteiger partial charge in [0.1, 0.15) is 5.75 Å². The molecule has 1 aromatic carbocycles. The first kappa shape index (κ1) is 16.5. The van der Waals surface area contributed by atoms with Gasteiger partial charge in [0.2, 0.25) is 0 Å². The molecule has 0 heterocycles. The lowest BCUT2D eigenvalue weighted by atomic mass is 10.1. The van der Waals surface area contributed by atoms with Gasteiger partial charge in [-0.05, 0) is 47.3 Å². The normalized spacial score (nSPS) is 11.3. The van der Waals surface area contributed by atoms with Crippen LogP contribution in [-0.4, -0.2) is 12.6 Å². The second-order valence-corrected chi connectivity index (χ2v) is 6.16. The zero-order chi connectivity index (χ0) is 14.3. The second-order valence-electron chi connectivity index (χ2n) is 5.31. The van der Waals surface area contributed by atoms with Crippen LogP contribution in [0.15, 0.2) is 22.7 Å². The zero-order valence-corrected chi connectivity index (χ0v) is 14.1. The van der Waals surface area contributed by atoms with Crippen LogP contribution in [0.3, 0.4) is 0 Å². The Hall–Kier alpha value is -0.540. The molecule has 0 unspecified atom stereocenters. The van der Waals surface area contributed by atoms with E-state index in [0.29, 0.717) is 12.0 Å². The Balaban J connectivity index is 2.76. The van der Waals surface area contributed by atoms with E-state index in [1.54, 1.807) is 0 Å². The highest BCUT2D eigenvalue weighted by atomic mass is 79.9. The fourth-order valence-corrected chi connectivity index (χ4v) is 2.44. The van der Waals surface area contributed by atoms with Crippen LogP contribution < -0.4 is 10.1 Å². The molecule has 0 aliphatic carbocycles. The first-order valence-corrected chi connectivity index (χ1v) is 8.02. The van der Waals surface area contributed by atoms with Crippen molar-refractivity contribution in [2.24, 2.45) is 5.92 Å². The van der Waals surface area contributed by atoms with Crippen molar-refractivity contribution >= 4 is 15.9 Å². The molecule has 0 aliphatic heterocycles. The zero-order valence-electron chi connectivity index (χ0n) is 12.5. The smallest absolute Gasteiger partial charge is 0.138 e. The van der Waals surface area contributed by atoms with Crippen LogP contribution in [0, 0.1) is 5.92 Å². The quantitative estimate of drug-likeness (QED) is 0.743. The lowest BCUT2D eigenvalue weighted by Gasteiger charge is -2.20. The predicted octanol–water partition coefficient (Wildman–Crippen LogP) is 4.76. The number of ether oxygens (including phenoxy) is 1. The van der Waals surface area contributed by atoms with E-state index in [0.717, 1.165) is 36.2 Å². The fourth-order valence-electron chi connectivity index (χ4n) is 1.94. The summed E-state index contributed by atoms with van der Waals surface area (Å²) in [5, 5.41) is 3.48. The molecule has 1 rings (SSSR count). The van der Waals surface area contributed by atoms with E-state index >= 15 is 0 Å². The third-order valence-corrected chi connectivity index (χ3v) is 3.74. The number of hydrogen-bond donors (Lipinski definition) is 1. The average molecular weight is 328 g/mol. The Morgan fingerprint density at radius 2 is 1.89 bits per heavy atom. The molecule has 0 aliphatic rings. The Morgan fingerprint density at radius 1 is 1.21 bits per heavy atom. The molecule has 0 saturated carbocycles. The van der Waals surface area contributed by atoms with Crippen LogP contribution in [-0.2, 0) is 6.54 Å². The first-order chi connectivity index (χ1) is 9.08. The molecule has 108 valence electrons. The van der Waals surface area contributed by atoms with Crippen molar-refractivity contribution in [1.82, 2.24) is 5.32 Å². The summed E-state index contributed by atoms with van der Waals surface area (Å²) in [6.45, 7) is 10.7. The Kier molecular flexibility index (Phi) is 7.47. The molecule has 3 heteroatoms. The highest BCUT2D eigenvalue weighted by Gasteiger charge is 2.12. The van der Waals surface area contributed by atoms with Gasteiger partial charge in [0.25, 0.3) is 0 Å². The predicted molar refractivity (Wildman–Crippen MR) is 85.7 cm³/mol. The second kappa shape index (κ2) is 8.60. The molecule has 0 bridgehead atoms. The Bertz CT molecular complexity index is 375. The minimum Gasteiger partial charge on any atom is -0.489 e. The van der Waals surface area contributed by atoms with Gasteiger partial charge in [-0.25, -0.2) is 0 Å². The lowest BCUT2D eigenvalue weighted by molar-refractivity contribution is 0.189. The summed E-state index contributed by atoms with van der Waals surface area (Å²) in [6.07, 6.45) is 2.37. The van der Waals surface area contributed by atoms with E-state index in [1.165, 1.54) is 5.56 Å². The van der Waals surface area contributed by atoms with Crippen molar-refractivity contribution in [3.8, 4) is 5.75 Å². The summed E-state index contributed by atoms with van der Waals surface area (Å²) in [5.41, 5.74) is 1.22. The van der Waals surface area contributed by atoms with Crippen molar-refractivity contribution in [3.05, 3.63) is 28.2 Å². The van der Waals surface area contributed by atoms with Gasteiger partial charge in [-0.1, -0.05) is 39.8 Å². The molecule has 0 amide bonds. The highest BCUT2D eigenvalue weighted by molar-refractivity contribution is 9.10. The van der Waals surface area contributed by atoms with Crippen molar-refractivity contribution in [1.29, 1.82) is 0 Å². The van der Waals surface area contributed by atoms with Gasteiger partial charge in [-0.3, -0.25) is 0 Å². The molecule has 1 N–H and O–H groups in total. The van der Waals surface area contributed by atoms with E-state index in [1.807, 2.05) is 6.07 Å². The van der Waals surface area contributed by atoms with Crippen molar-refractivity contribution in [2.75, 3.05) is 6.54 Å². The highest BCUT2D eigenvalue weighted by Crippen LogP contribution is 2.30. The number of hydrogen-bond acceptors (Lipinski definition) is 2. The van der Waals surface area contributed by atoms with E-state index in [9.17, 15) is 0 Å². The average Bonchev–Trinajstić information content (AvgIpc) is 2.38. The summed E-state index contributed by atoms with van der Waals surface area (Å²) >= 11 is 3.60. The van der Waals surface area contributed by atoms with Crippen LogP contribution in [0.25, 0.3) is 0 Å². The molecule has 0 fully saturated rings. The Labute approximate surface area is 126 Å². The summed E-state index contributed by atoms with van der Waals surface area (Å²) < 4.78 is 7.19. The van der Waals surface area contributed by atoms with Crippen molar-refractivity contribution in [2.45, 2.75) is 53.2 Å². The number of nitrogens with one attached hydrogen (secondary N) is 1. The molecule has 0 aromatic heterocycles. The molecule has 0 atom stereocenters. The maximum atomic E-state index is 6.15. The third-order valence-electron chi connectivity index (χ3n) is 3.11. The number of benzene rings is 1. The molecule has 2 nitrogen and oxygen atoms in total. The van der Waals surface area contributed by atoms with Gasteiger partial charge in [0.05, 0.1) is 10.6 Å². The molecule has 0 saturated heterocycles. The third kappa shape index (κ3) is 5.53. The van der Waals surface area contributed by atoms with Gasteiger partial charge in [0.15, 0.2) is 0 Å². The number of rotatable bonds is 8. The van der Waals surface area contributed by atoms with Crippen molar-refractivity contribution < 1.29 is 4.74 Å². The summed E-state index contributed by atoms with van der Waals surface area (Å²) in [7, 11) is 0. The largest absolute Gasteiger partial charge is 0.489 e. The maximum Gasteiger partial charge on any atom is 0.138 e. The lowest BCUT2D eigenvalue weighted by Crippen LogP contribution is -2.21. The molecule has 19 heavy (non-hydrogen) atoms. The summed E-state index contributed by atoms with van der Waals surface area (Å²) in [6, 6.07) is 6.25. The van der Waals surface area contributed by atoms with Crippen LogP contribution in [0.2, 0.25) is 0 Å². The number of halogens is 1. The molecule has 1 aromatic rings. The monoisotopic (exact) mass is 327 g/mol. The van der Waals surface area contributed by atoms with Crippen LogP contribution in [0.4, 0.5) is 0 Å². The maximum absolute atomic E-state index is 6.15. The van der Waals surface area contributed by atoms with Gasteiger partial charge >= 0.3 is 0 Å². The SMILES string of the molecule is CCC(CC)Oc1c(Br)cccc1CNCC(C)C. The first-order valence-electron chi connectivity index (χ1n) is 7.23. The number of para-hydroxylation sites is 1. The minimum absolute atomic E-state index is 0.294. The van der Waals surface area contributed by atoms with Gasteiger partial charge in [-0.2, -0.15) is 0 Å². The van der Waals surface area contributed by atoms with Crippen LogP contribution >= 0.6 is 15.9 Å².